The largest absolute Gasteiger partial charge is 0.341 e. The Hall–Kier alpha value is -2.62. The minimum absolute atomic E-state index is 0.144. The lowest BCUT2D eigenvalue weighted by molar-refractivity contribution is -0.125. The fourth-order valence-corrected chi connectivity index (χ4v) is 3.57. The lowest BCUT2D eigenvalue weighted by Gasteiger charge is -2.20. The molecule has 1 radical (unpaired) electrons. The number of hydrogen-bond donors (Lipinski definition) is 1. The van der Waals surface area contributed by atoms with Gasteiger partial charge in [-0.2, -0.15) is 0 Å². The standard InChI is InChI=1S/C23H27N2O2/c1-17(26)25(2)16-18-7-6-10-21(15-18)19-11-13-22(14-12-19)24-23(27)20-8-4-3-5-9-20/h6-7,10-15,20H,1,3-5,8-9,16H2,2H3,(H,24,27). The predicted octanol–water partition coefficient (Wildman–Crippen LogP) is 4.66. The van der Waals surface area contributed by atoms with Crippen LogP contribution in [0.1, 0.15) is 37.7 Å². The first-order chi connectivity index (χ1) is 13.0. The molecule has 0 aliphatic heterocycles. The van der Waals surface area contributed by atoms with Crippen LogP contribution in [-0.4, -0.2) is 23.8 Å². The second kappa shape index (κ2) is 8.85. The predicted molar refractivity (Wildman–Crippen MR) is 109 cm³/mol. The Labute approximate surface area is 161 Å². The molecule has 0 bridgehead atoms. The first-order valence-corrected chi connectivity index (χ1v) is 9.60. The Morgan fingerprint density at radius 2 is 1.74 bits per heavy atom. The molecule has 2 aromatic rings. The van der Waals surface area contributed by atoms with Gasteiger partial charge in [0.25, 0.3) is 0 Å². The first-order valence-electron chi connectivity index (χ1n) is 9.60. The van der Waals surface area contributed by atoms with Crippen LogP contribution in [0.3, 0.4) is 0 Å². The molecule has 2 aromatic carbocycles. The van der Waals surface area contributed by atoms with E-state index in [0.717, 1.165) is 48.1 Å². The van der Waals surface area contributed by atoms with Crippen molar-refractivity contribution in [3.8, 4) is 11.1 Å². The van der Waals surface area contributed by atoms with Crippen LogP contribution in [0.4, 0.5) is 5.69 Å². The van der Waals surface area contributed by atoms with Crippen LogP contribution in [0.15, 0.2) is 48.5 Å². The van der Waals surface area contributed by atoms with Gasteiger partial charge in [-0.3, -0.25) is 9.59 Å². The molecule has 1 N–H and O–H groups in total. The number of carbonyl (C=O) groups excluding carboxylic acids is 2. The summed E-state index contributed by atoms with van der Waals surface area (Å²) in [6.45, 7) is 3.97. The molecule has 141 valence electrons. The summed E-state index contributed by atoms with van der Waals surface area (Å²) in [7, 11) is 1.74. The summed E-state index contributed by atoms with van der Waals surface area (Å²) in [4.78, 5) is 25.3. The van der Waals surface area contributed by atoms with Crippen LogP contribution >= 0.6 is 0 Å². The molecular weight excluding hydrogens is 336 g/mol. The highest BCUT2D eigenvalue weighted by Gasteiger charge is 2.20. The van der Waals surface area contributed by atoms with Gasteiger partial charge in [0.05, 0.1) is 0 Å². The highest BCUT2D eigenvalue weighted by Crippen LogP contribution is 2.26. The third kappa shape index (κ3) is 5.19. The molecule has 0 atom stereocenters. The Bertz CT molecular complexity index is 792. The molecule has 1 aliphatic rings. The Balaban J connectivity index is 1.66. The molecule has 27 heavy (non-hydrogen) atoms. The van der Waals surface area contributed by atoms with Crippen LogP contribution in [0.5, 0.6) is 0 Å². The highest BCUT2D eigenvalue weighted by atomic mass is 16.2. The average Bonchev–Trinajstić information content (AvgIpc) is 2.69. The van der Waals surface area contributed by atoms with Gasteiger partial charge in [-0.15, -0.1) is 0 Å². The van der Waals surface area contributed by atoms with E-state index in [1.807, 2.05) is 42.5 Å². The summed E-state index contributed by atoms with van der Waals surface area (Å²) < 4.78 is 0. The smallest absolute Gasteiger partial charge is 0.227 e. The monoisotopic (exact) mass is 363 g/mol. The minimum Gasteiger partial charge on any atom is -0.341 e. The van der Waals surface area contributed by atoms with Crippen molar-refractivity contribution in [3.05, 3.63) is 61.0 Å². The Morgan fingerprint density at radius 1 is 1.04 bits per heavy atom. The van der Waals surface area contributed by atoms with E-state index in [-0.39, 0.29) is 17.7 Å². The van der Waals surface area contributed by atoms with Crippen LogP contribution in [-0.2, 0) is 16.1 Å². The SMILES string of the molecule is [CH2]C(=O)N(C)Cc1cccc(-c2ccc(NC(=O)C3CCCCC3)cc2)c1. The molecule has 4 nitrogen and oxygen atoms in total. The number of nitrogens with zero attached hydrogens (tertiary/aromatic N) is 1. The van der Waals surface area contributed by atoms with Gasteiger partial charge in [-0.1, -0.05) is 49.6 Å². The van der Waals surface area contributed by atoms with Gasteiger partial charge in [-0.25, -0.2) is 0 Å². The third-order valence-corrected chi connectivity index (χ3v) is 5.23. The third-order valence-electron chi connectivity index (χ3n) is 5.23. The summed E-state index contributed by atoms with van der Waals surface area (Å²) >= 11 is 0. The van der Waals surface area contributed by atoms with E-state index < -0.39 is 0 Å². The fraction of sp³-hybridized carbons (Fsp3) is 0.348. The quantitative estimate of drug-likeness (QED) is 0.839. The molecule has 0 saturated heterocycles. The van der Waals surface area contributed by atoms with Gasteiger partial charge in [0.15, 0.2) is 0 Å². The zero-order valence-corrected chi connectivity index (χ0v) is 15.9. The number of hydrogen-bond acceptors (Lipinski definition) is 2. The fourth-order valence-electron chi connectivity index (χ4n) is 3.57. The second-order valence-corrected chi connectivity index (χ2v) is 7.35. The molecule has 3 rings (SSSR count). The highest BCUT2D eigenvalue weighted by molar-refractivity contribution is 5.92. The Morgan fingerprint density at radius 3 is 2.41 bits per heavy atom. The number of rotatable bonds is 5. The maximum Gasteiger partial charge on any atom is 0.227 e. The number of anilines is 1. The molecule has 0 heterocycles. The van der Waals surface area contributed by atoms with E-state index in [4.69, 9.17) is 0 Å². The summed E-state index contributed by atoms with van der Waals surface area (Å²) in [6, 6.07) is 16.1. The lowest BCUT2D eigenvalue weighted by Crippen LogP contribution is -2.24. The van der Waals surface area contributed by atoms with E-state index in [2.05, 4.69) is 18.3 Å². The van der Waals surface area contributed by atoms with Gasteiger partial charge in [0.1, 0.15) is 0 Å². The van der Waals surface area contributed by atoms with Crippen LogP contribution in [0.2, 0.25) is 0 Å². The van der Waals surface area contributed by atoms with Gasteiger partial charge >= 0.3 is 0 Å². The molecule has 0 spiro atoms. The minimum atomic E-state index is -0.196. The maximum atomic E-state index is 12.4. The van der Waals surface area contributed by atoms with Gasteiger partial charge in [-0.05, 0) is 47.7 Å². The van der Waals surface area contributed by atoms with Gasteiger partial charge in [0.2, 0.25) is 11.8 Å². The zero-order valence-electron chi connectivity index (χ0n) is 15.9. The second-order valence-electron chi connectivity index (χ2n) is 7.35. The van der Waals surface area contributed by atoms with Crippen LogP contribution < -0.4 is 5.32 Å². The summed E-state index contributed by atoms with van der Waals surface area (Å²) in [5.41, 5.74) is 4.06. The van der Waals surface area contributed by atoms with Crippen molar-refractivity contribution >= 4 is 17.5 Å². The van der Waals surface area contributed by atoms with Crippen molar-refractivity contribution in [2.24, 2.45) is 5.92 Å². The van der Waals surface area contributed by atoms with Crippen molar-refractivity contribution in [2.45, 2.75) is 38.6 Å². The van der Waals surface area contributed by atoms with E-state index in [9.17, 15) is 9.59 Å². The van der Waals surface area contributed by atoms with Crippen LogP contribution in [0, 0.1) is 12.8 Å². The summed E-state index contributed by atoms with van der Waals surface area (Å²) in [5, 5.41) is 3.05. The molecular formula is C23H27N2O2. The van der Waals surface area contributed by atoms with Crippen molar-refractivity contribution < 1.29 is 9.59 Å². The first kappa shape index (κ1) is 19.2. The van der Waals surface area contributed by atoms with Crippen molar-refractivity contribution in [1.82, 2.24) is 4.90 Å². The number of carbonyl (C=O) groups is 2. The number of nitrogens with one attached hydrogen (secondary N) is 1. The Kier molecular flexibility index (Phi) is 6.28. The van der Waals surface area contributed by atoms with E-state index in [1.54, 1.807) is 11.9 Å². The normalized spacial score (nSPS) is 14.6. The molecule has 1 fully saturated rings. The summed E-state index contributed by atoms with van der Waals surface area (Å²) in [6.07, 6.45) is 5.56. The van der Waals surface area contributed by atoms with Gasteiger partial charge < -0.3 is 10.2 Å². The van der Waals surface area contributed by atoms with E-state index in [1.165, 1.54) is 6.42 Å². The van der Waals surface area contributed by atoms with Crippen LogP contribution in [0.25, 0.3) is 11.1 Å². The van der Waals surface area contributed by atoms with Gasteiger partial charge in [0, 0.05) is 32.1 Å². The molecule has 0 aromatic heterocycles. The maximum absolute atomic E-state index is 12.4. The molecule has 2 amide bonds. The number of amides is 2. The van der Waals surface area contributed by atoms with E-state index in [0.29, 0.717) is 6.54 Å². The molecule has 0 unspecified atom stereocenters. The van der Waals surface area contributed by atoms with Crippen molar-refractivity contribution in [1.29, 1.82) is 0 Å². The molecule has 4 heteroatoms. The number of benzene rings is 2. The topological polar surface area (TPSA) is 49.4 Å². The molecule has 1 saturated carbocycles. The van der Waals surface area contributed by atoms with Crippen molar-refractivity contribution in [2.75, 3.05) is 12.4 Å². The average molecular weight is 363 g/mol. The molecule has 1 aliphatic carbocycles. The zero-order chi connectivity index (χ0) is 19.2. The lowest BCUT2D eigenvalue weighted by atomic mass is 9.88. The van der Waals surface area contributed by atoms with E-state index >= 15 is 0 Å². The van der Waals surface area contributed by atoms with Crippen molar-refractivity contribution in [3.63, 3.8) is 0 Å². The summed E-state index contributed by atoms with van der Waals surface area (Å²) in [5.74, 6) is 0.103.